The van der Waals surface area contributed by atoms with Gasteiger partial charge in [0, 0.05) is 0 Å². The molecule has 4 N–H and O–H groups in total. The van der Waals surface area contributed by atoms with Gasteiger partial charge in [-0.2, -0.15) is 0 Å². The minimum atomic E-state index is -0.740. The molecule has 0 unspecified atom stereocenters. The fourth-order valence-electron chi connectivity index (χ4n) is 1.74. The summed E-state index contributed by atoms with van der Waals surface area (Å²) in [5.74, 6) is -2.77. The first-order valence-electron chi connectivity index (χ1n) is 6.62. The van der Waals surface area contributed by atoms with Crippen LogP contribution in [0.3, 0.4) is 0 Å². The van der Waals surface area contributed by atoms with Gasteiger partial charge in [0.1, 0.15) is 12.3 Å². The molecule has 0 radical (unpaired) electrons. The topological polar surface area (TPSA) is 151 Å². The van der Waals surface area contributed by atoms with Crippen LogP contribution in [0, 0.1) is 5.92 Å². The zero-order chi connectivity index (χ0) is 16.7. The maximum Gasteiger partial charge on any atom is 0.328 e. The van der Waals surface area contributed by atoms with E-state index in [-0.39, 0.29) is 6.42 Å². The summed E-state index contributed by atoms with van der Waals surface area (Å²) in [7, 11) is 0. The van der Waals surface area contributed by atoms with Gasteiger partial charge in [0.2, 0.25) is 23.6 Å². The molecule has 8 amide bonds. The number of hydrogen-bond acceptors (Lipinski definition) is 6. The highest BCUT2D eigenvalue weighted by Gasteiger charge is 2.33. The minimum Gasteiger partial charge on any atom is -0.277 e. The third kappa shape index (κ3) is 5.31. The van der Waals surface area contributed by atoms with E-state index in [1.807, 2.05) is 17.6 Å². The quantitative estimate of drug-likeness (QED) is 0.486. The molecule has 0 saturated carbocycles. The number of hydrogen-bond donors (Lipinski definition) is 4. The van der Waals surface area contributed by atoms with Crippen molar-refractivity contribution in [2.24, 2.45) is 5.92 Å². The number of carbonyl (C=O) groups is 6. The zero-order valence-corrected chi connectivity index (χ0v) is 11.9. The molecule has 10 heteroatoms. The summed E-state index contributed by atoms with van der Waals surface area (Å²) < 4.78 is 0. The predicted octanol–water partition coefficient (Wildman–Crippen LogP) is -1.10. The molecule has 2 aliphatic rings. The first kappa shape index (κ1) is 17.3. The van der Waals surface area contributed by atoms with E-state index in [0.29, 0.717) is 6.42 Å². The lowest BCUT2D eigenvalue weighted by molar-refractivity contribution is -0.136. The standard InChI is InChI=1S/C8H12N2O3.C4H4N2O3/c1-2-3-4-5-6(11)9-8(13)10-7(5)12;7-2-1-3(8)6-4(9)5-2/h5H,2-4H2,1H3,(H2,9,10,11,12,13);1H2,(H2,5,6,7,8,9). The van der Waals surface area contributed by atoms with Crippen LogP contribution in [0.25, 0.3) is 0 Å². The van der Waals surface area contributed by atoms with Crippen LogP contribution in [-0.4, -0.2) is 35.7 Å². The van der Waals surface area contributed by atoms with Gasteiger partial charge >= 0.3 is 12.1 Å². The normalized spacial score (nSPS) is 18.6. The van der Waals surface area contributed by atoms with E-state index in [1.54, 1.807) is 0 Å². The summed E-state index contributed by atoms with van der Waals surface area (Å²) in [5.41, 5.74) is 0. The van der Waals surface area contributed by atoms with Gasteiger partial charge < -0.3 is 0 Å². The van der Waals surface area contributed by atoms with Crippen molar-refractivity contribution in [2.75, 3.05) is 0 Å². The number of barbiturate groups is 2. The average Bonchev–Trinajstić information content (AvgIpc) is 2.36. The molecule has 2 aliphatic heterocycles. The van der Waals surface area contributed by atoms with Crippen LogP contribution in [0.5, 0.6) is 0 Å². The predicted molar refractivity (Wildman–Crippen MR) is 71.0 cm³/mol. The van der Waals surface area contributed by atoms with E-state index in [9.17, 15) is 28.8 Å². The third-order valence-corrected chi connectivity index (χ3v) is 2.78. The number of nitrogens with one attached hydrogen (secondary N) is 4. The Morgan fingerprint density at radius 2 is 1.27 bits per heavy atom. The molecule has 2 heterocycles. The Balaban J connectivity index is 0.000000235. The summed E-state index contributed by atoms with van der Waals surface area (Å²) in [5, 5.41) is 7.92. The Morgan fingerprint density at radius 1 is 0.818 bits per heavy atom. The summed E-state index contributed by atoms with van der Waals surface area (Å²) in [6.45, 7) is 1.98. The van der Waals surface area contributed by atoms with Crippen LogP contribution in [0.2, 0.25) is 0 Å². The van der Waals surface area contributed by atoms with E-state index in [4.69, 9.17) is 0 Å². The van der Waals surface area contributed by atoms with Crippen LogP contribution in [-0.2, 0) is 19.2 Å². The molecular weight excluding hydrogens is 296 g/mol. The number of rotatable bonds is 3. The molecule has 2 rings (SSSR count). The van der Waals surface area contributed by atoms with Crippen molar-refractivity contribution in [1.29, 1.82) is 0 Å². The smallest absolute Gasteiger partial charge is 0.277 e. The molecule has 0 aromatic heterocycles. The molecule has 10 nitrogen and oxygen atoms in total. The zero-order valence-electron chi connectivity index (χ0n) is 11.9. The van der Waals surface area contributed by atoms with Crippen molar-refractivity contribution in [3.63, 3.8) is 0 Å². The first-order chi connectivity index (χ1) is 10.3. The molecule has 0 aliphatic carbocycles. The maximum atomic E-state index is 11.1. The first-order valence-corrected chi connectivity index (χ1v) is 6.62. The molecule has 120 valence electrons. The highest BCUT2D eigenvalue weighted by atomic mass is 16.2. The van der Waals surface area contributed by atoms with Crippen LogP contribution in [0.1, 0.15) is 32.6 Å². The molecule has 22 heavy (non-hydrogen) atoms. The number of urea groups is 2. The highest BCUT2D eigenvalue weighted by Crippen LogP contribution is 2.11. The fourth-order valence-corrected chi connectivity index (χ4v) is 1.74. The Hall–Kier alpha value is -2.78. The number of unbranched alkanes of at least 4 members (excludes halogenated alkanes) is 1. The summed E-state index contributed by atoms with van der Waals surface area (Å²) >= 11 is 0. The highest BCUT2D eigenvalue weighted by molar-refractivity contribution is 6.16. The summed E-state index contributed by atoms with van der Waals surface area (Å²) in [4.78, 5) is 63.7. The van der Waals surface area contributed by atoms with Crippen molar-refractivity contribution in [2.45, 2.75) is 32.6 Å². The van der Waals surface area contributed by atoms with Gasteiger partial charge in [-0.25, -0.2) is 9.59 Å². The van der Waals surface area contributed by atoms with Crippen molar-refractivity contribution >= 4 is 35.7 Å². The maximum absolute atomic E-state index is 11.1. The monoisotopic (exact) mass is 312 g/mol. The Morgan fingerprint density at radius 3 is 1.68 bits per heavy atom. The molecule has 0 atom stereocenters. The fraction of sp³-hybridized carbons (Fsp3) is 0.500. The van der Waals surface area contributed by atoms with E-state index < -0.39 is 41.6 Å². The molecule has 2 saturated heterocycles. The summed E-state index contributed by atoms with van der Waals surface area (Å²) in [6, 6.07) is -1.46. The lowest BCUT2D eigenvalue weighted by atomic mass is 9.99. The van der Waals surface area contributed by atoms with E-state index in [1.165, 1.54) is 0 Å². The second-order valence-corrected chi connectivity index (χ2v) is 4.60. The largest absolute Gasteiger partial charge is 0.328 e. The van der Waals surface area contributed by atoms with E-state index in [2.05, 4.69) is 10.6 Å². The van der Waals surface area contributed by atoms with Gasteiger partial charge in [0.25, 0.3) is 0 Å². The Bertz CT molecular complexity index is 464. The van der Waals surface area contributed by atoms with Crippen LogP contribution < -0.4 is 21.3 Å². The van der Waals surface area contributed by atoms with E-state index in [0.717, 1.165) is 12.8 Å². The molecule has 0 bridgehead atoms. The second-order valence-electron chi connectivity index (χ2n) is 4.60. The van der Waals surface area contributed by atoms with Gasteiger partial charge in [0.05, 0.1) is 0 Å². The second kappa shape index (κ2) is 7.86. The number of imide groups is 4. The third-order valence-electron chi connectivity index (χ3n) is 2.78. The van der Waals surface area contributed by atoms with Gasteiger partial charge in [-0.3, -0.25) is 40.4 Å². The van der Waals surface area contributed by atoms with Crippen LogP contribution in [0.4, 0.5) is 9.59 Å². The van der Waals surface area contributed by atoms with Gasteiger partial charge in [0.15, 0.2) is 0 Å². The minimum absolute atomic E-state index is 0.258. The lowest BCUT2D eigenvalue weighted by Crippen LogP contribution is -2.55. The van der Waals surface area contributed by atoms with Crippen molar-refractivity contribution in [1.82, 2.24) is 21.3 Å². The number of amides is 8. The van der Waals surface area contributed by atoms with Gasteiger partial charge in [-0.1, -0.05) is 19.8 Å². The van der Waals surface area contributed by atoms with Crippen LogP contribution >= 0.6 is 0 Å². The molecule has 0 aromatic rings. The summed E-state index contributed by atoms with van der Waals surface area (Å²) in [6.07, 6.45) is 1.97. The number of carbonyl (C=O) groups excluding carboxylic acids is 6. The SMILES string of the molecule is CCCCC1C(=O)NC(=O)NC1=O.O=C1CC(=O)NC(=O)N1. The average molecular weight is 312 g/mol. The lowest BCUT2D eigenvalue weighted by Gasteiger charge is -2.19. The molecule has 0 spiro atoms. The van der Waals surface area contributed by atoms with Crippen LogP contribution in [0.15, 0.2) is 0 Å². The van der Waals surface area contributed by atoms with Crippen molar-refractivity contribution in [3.8, 4) is 0 Å². The van der Waals surface area contributed by atoms with E-state index >= 15 is 0 Å². The van der Waals surface area contributed by atoms with Crippen molar-refractivity contribution < 1.29 is 28.8 Å². The molecule has 2 fully saturated rings. The Kier molecular flexibility index (Phi) is 6.17. The molecule has 0 aromatic carbocycles. The van der Waals surface area contributed by atoms with Gasteiger partial charge in [-0.15, -0.1) is 0 Å². The van der Waals surface area contributed by atoms with Gasteiger partial charge in [-0.05, 0) is 6.42 Å². The van der Waals surface area contributed by atoms with Crippen molar-refractivity contribution in [3.05, 3.63) is 0 Å². The Labute approximate surface area is 125 Å². The molecular formula is C12H16N4O6.